The molecule has 0 bridgehead atoms. The summed E-state index contributed by atoms with van der Waals surface area (Å²) in [6.45, 7) is 0.443. The molecule has 0 radical (unpaired) electrons. The Labute approximate surface area is 122 Å². The third-order valence-electron chi connectivity index (χ3n) is 3.14. The quantitative estimate of drug-likeness (QED) is 0.705. The van der Waals surface area contributed by atoms with Gasteiger partial charge in [-0.3, -0.25) is 0 Å². The maximum atomic E-state index is 13.7. The minimum atomic E-state index is -0.615. The predicted octanol–water partition coefficient (Wildman–Crippen LogP) is 4.82. The number of hydrogen-bond donors (Lipinski definition) is 2. The number of aromatic amines is 1. The maximum absolute atomic E-state index is 13.7. The number of H-pyrrole nitrogens is 1. The highest BCUT2D eigenvalue weighted by Gasteiger charge is 2.10. The van der Waals surface area contributed by atoms with Gasteiger partial charge in [-0.05, 0) is 39.0 Å². The van der Waals surface area contributed by atoms with E-state index in [9.17, 15) is 8.78 Å². The van der Waals surface area contributed by atoms with Gasteiger partial charge in [0.05, 0.1) is 11.2 Å². The van der Waals surface area contributed by atoms with E-state index in [1.165, 1.54) is 6.07 Å². The van der Waals surface area contributed by atoms with Crippen molar-refractivity contribution in [2.45, 2.75) is 6.54 Å². The van der Waals surface area contributed by atoms with Crippen molar-refractivity contribution in [1.29, 1.82) is 0 Å². The molecule has 2 N–H and O–H groups in total. The van der Waals surface area contributed by atoms with Gasteiger partial charge >= 0.3 is 0 Å². The van der Waals surface area contributed by atoms with Crippen molar-refractivity contribution in [3.63, 3.8) is 0 Å². The molecule has 0 saturated heterocycles. The molecular formula is C15H11BrF2N2. The number of fused-ring (bicyclic) bond motifs is 1. The maximum Gasteiger partial charge on any atom is 0.150 e. The van der Waals surface area contributed by atoms with E-state index in [1.807, 2.05) is 30.5 Å². The second-order valence-electron chi connectivity index (χ2n) is 4.46. The highest BCUT2D eigenvalue weighted by molar-refractivity contribution is 9.10. The second kappa shape index (κ2) is 5.25. The molecule has 0 aliphatic rings. The van der Waals surface area contributed by atoms with E-state index < -0.39 is 11.6 Å². The van der Waals surface area contributed by atoms with Crippen LogP contribution in [-0.4, -0.2) is 4.98 Å². The van der Waals surface area contributed by atoms with Crippen LogP contribution in [0.4, 0.5) is 14.5 Å². The van der Waals surface area contributed by atoms with Crippen LogP contribution in [-0.2, 0) is 6.54 Å². The lowest BCUT2D eigenvalue weighted by Gasteiger charge is -2.11. The van der Waals surface area contributed by atoms with Crippen molar-refractivity contribution < 1.29 is 8.78 Å². The van der Waals surface area contributed by atoms with Crippen LogP contribution < -0.4 is 5.32 Å². The van der Waals surface area contributed by atoms with Gasteiger partial charge in [0, 0.05) is 23.3 Å². The fraction of sp³-hybridized carbons (Fsp3) is 0.0667. The molecule has 5 heteroatoms. The summed E-state index contributed by atoms with van der Waals surface area (Å²) in [5.41, 5.74) is 2.29. The molecule has 2 nitrogen and oxygen atoms in total. The van der Waals surface area contributed by atoms with Crippen LogP contribution in [0, 0.1) is 11.6 Å². The van der Waals surface area contributed by atoms with E-state index >= 15 is 0 Å². The molecule has 102 valence electrons. The van der Waals surface area contributed by atoms with Crippen molar-refractivity contribution in [3.8, 4) is 0 Å². The Morgan fingerprint density at radius 2 is 2.00 bits per heavy atom. The Bertz CT molecular complexity index is 744. The number of hydrogen-bond acceptors (Lipinski definition) is 1. The van der Waals surface area contributed by atoms with Crippen LogP contribution in [0.15, 0.2) is 47.1 Å². The fourth-order valence-electron chi connectivity index (χ4n) is 2.19. The number of nitrogens with one attached hydrogen (secondary N) is 2. The van der Waals surface area contributed by atoms with E-state index in [2.05, 4.69) is 26.2 Å². The second-order valence-corrected chi connectivity index (χ2v) is 5.31. The zero-order valence-electron chi connectivity index (χ0n) is 10.4. The highest BCUT2D eigenvalue weighted by atomic mass is 79.9. The van der Waals surface area contributed by atoms with E-state index in [1.54, 1.807) is 0 Å². The number of benzene rings is 2. The van der Waals surface area contributed by atoms with Crippen LogP contribution in [0.25, 0.3) is 10.9 Å². The zero-order valence-corrected chi connectivity index (χ0v) is 12.0. The molecule has 0 amide bonds. The van der Waals surface area contributed by atoms with Gasteiger partial charge in [0.15, 0.2) is 0 Å². The molecule has 20 heavy (non-hydrogen) atoms. The number of anilines is 1. The minimum absolute atomic E-state index is 0.259. The summed E-state index contributed by atoms with van der Waals surface area (Å²) in [6, 6.07) is 9.99. The van der Waals surface area contributed by atoms with E-state index in [-0.39, 0.29) is 5.69 Å². The van der Waals surface area contributed by atoms with Gasteiger partial charge < -0.3 is 10.3 Å². The molecule has 0 spiro atoms. The molecule has 0 aliphatic heterocycles. The Morgan fingerprint density at radius 3 is 2.80 bits per heavy atom. The monoisotopic (exact) mass is 336 g/mol. The lowest BCUT2D eigenvalue weighted by Crippen LogP contribution is -2.03. The molecule has 0 saturated carbocycles. The molecule has 1 aromatic heterocycles. The summed E-state index contributed by atoms with van der Waals surface area (Å²) in [5.74, 6) is -1.22. The molecule has 3 rings (SSSR count). The lowest BCUT2D eigenvalue weighted by atomic mass is 10.1. The van der Waals surface area contributed by atoms with Crippen LogP contribution in [0.5, 0.6) is 0 Å². The minimum Gasteiger partial charge on any atom is -0.378 e. The van der Waals surface area contributed by atoms with Crippen LogP contribution in [0.3, 0.4) is 0 Å². The summed E-state index contributed by atoms with van der Waals surface area (Å²) in [7, 11) is 0. The molecule has 0 fully saturated rings. The van der Waals surface area contributed by atoms with Crippen molar-refractivity contribution in [3.05, 3.63) is 64.3 Å². The van der Waals surface area contributed by atoms with Crippen LogP contribution in [0.1, 0.15) is 5.56 Å². The third kappa shape index (κ3) is 2.41. The summed E-state index contributed by atoms with van der Waals surface area (Å²) in [4.78, 5) is 3.16. The van der Waals surface area contributed by atoms with Crippen molar-refractivity contribution in [2.24, 2.45) is 0 Å². The molecule has 0 unspecified atom stereocenters. The molecule has 2 aromatic carbocycles. The zero-order chi connectivity index (χ0) is 14.1. The Hall–Kier alpha value is -1.88. The number of halogens is 3. The van der Waals surface area contributed by atoms with Gasteiger partial charge in [-0.15, -0.1) is 0 Å². The first-order valence-electron chi connectivity index (χ1n) is 6.08. The van der Waals surface area contributed by atoms with Gasteiger partial charge in [0.25, 0.3) is 0 Å². The summed E-state index contributed by atoms with van der Waals surface area (Å²) in [5, 5.41) is 4.10. The van der Waals surface area contributed by atoms with Gasteiger partial charge in [-0.25, -0.2) is 8.78 Å². The van der Waals surface area contributed by atoms with Gasteiger partial charge in [0.2, 0.25) is 0 Å². The number of para-hydroxylation sites is 1. The molecule has 1 heterocycles. The van der Waals surface area contributed by atoms with Crippen molar-refractivity contribution in [2.75, 3.05) is 5.32 Å². The lowest BCUT2D eigenvalue weighted by molar-refractivity contribution is 0.583. The first kappa shape index (κ1) is 13.1. The summed E-state index contributed by atoms with van der Waals surface area (Å²) >= 11 is 3.16. The SMILES string of the molecule is Fc1cc(F)c(NCc2cccc3cc[nH]c23)c(Br)c1. The summed E-state index contributed by atoms with van der Waals surface area (Å²) in [6.07, 6.45) is 1.86. The summed E-state index contributed by atoms with van der Waals surface area (Å²) < 4.78 is 27.1. The topological polar surface area (TPSA) is 27.8 Å². The van der Waals surface area contributed by atoms with Crippen molar-refractivity contribution in [1.82, 2.24) is 4.98 Å². The van der Waals surface area contributed by atoms with E-state index in [4.69, 9.17) is 0 Å². The van der Waals surface area contributed by atoms with Gasteiger partial charge in [0.1, 0.15) is 11.6 Å². The highest BCUT2D eigenvalue weighted by Crippen LogP contribution is 2.28. The van der Waals surface area contributed by atoms with Crippen LogP contribution in [0.2, 0.25) is 0 Å². The first-order valence-corrected chi connectivity index (χ1v) is 6.88. The van der Waals surface area contributed by atoms with Gasteiger partial charge in [-0.2, -0.15) is 0 Å². The van der Waals surface area contributed by atoms with E-state index in [0.29, 0.717) is 11.0 Å². The average Bonchev–Trinajstić information content (AvgIpc) is 2.86. The Kier molecular flexibility index (Phi) is 3.44. The van der Waals surface area contributed by atoms with Gasteiger partial charge in [-0.1, -0.05) is 18.2 Å². The average molecular weight is 337 g/mol. The normalized spacial score (nSPS) is 10.9. The van der Waals surface area contributed by atoms with E-state index in [0.717, 1.165) is 22.5 Å². The smallest absolute Gasteiger partial charge is 0.150 e. The number of rotatable bonds is 3. The molecular weight excluding hydrogens is 326 g/mol. The first-order chi connectivity index (χ1) is 9.65. The molecule has 0 aliphatic carbocycles. The molecule has 3 aromatic rings. The standard InChI is InChI=1S/C15H11BrF2N2/c16-12-6-11(17)7-13(18)15(12)20-8-10-3-1-2-9-4-5-19-14(9)10/h1-7,19-20H,8H2. The predicted molar refractivity (Wildman–Crippen MR) is 79.7 cm³/mol. The van der Waals surface area contributed by atoms with Crippen LogP contribution >= 0.6 is 15.9 Å². The fourth-order valence-corrected chi connectivity index (χ4v) is 2.74. The number of aromatic nitrogens is 1. The third-order valence-corrected chi connectivity index (χ3v) is 3.76. The molecule has 0 atom stereocenters. The largest absolute Gasteiger partial charge is 0.378 e. The Morgan fingerprint density at radius 1 is 1.15 bits per heavy atom. The van der Waals surface area contributed by atoms with Crippen molar-refractivity contribution >= 4 is 32.5 Å². The Balaban J connectivity index is 1.89.